The van der Waals surface area contributed by atoms with E-state index in [1.807, 2.05) is 6.92 Å². The average molecular weight is 256 g/mol. The average Bonchev–Trinajstić information content (AvgIpc) is 3.02. The van der Waals surface area contributed by atoms with Crippen molar-refractivity contribution in [3.63, 3.8) is 0 Å². The summed E-state index contributed by atoms with van der Waals surface area (Å²) in [5, 5.41) is 19.8. The predicted molar refractivity (Wildman–Crippen MR) is 63.9 cm³/mol. The van der Waals surface area contributed by atoms with Gasteiger partial charge in [0.15, 0.2) is 5.16 Å². The van der Waals surface area contributed by atoms with Crippen LogP contribution in [-0.2, 0) is 4.79 Å². The first-order valence-corrected chi connectivity index (χ1v) is 6.64. The van der Waals surface area contributed by atoms with E-state index in [0.29, 0.717) is 17.5 Å². The zero-order chi connectivity index (χ0) is 12.3. The lowest BCUT2D eigenvalue weighted by atomic mass is 9.96. The molecule has 1 aliphatic rings. The van der Waals surface area contributed by atoms with Crippen molar-refractivity contribution in [1.82, 2.24) is 20.5 Å². The Balaban J connectivity index is 2.06. The fraction of sp³-hybridized carbons (Fsp3) is 0.700. The van der Waals surface area contributed by atoms with E-state index < -0.39 is 11.5 Å². The van der Waals surface area contributed by atoms with Gasteiger partial charge in [-0.05, 0) is 25.3 Å². The number of aromatic amines is 1. The van der Waals surface area contributed by atoms with Crippen molar-refractivity contribution in [3.05, 3.63) is 6.33 Å². The SMILES string of the molecule is CCNC(CSc1ncn[nH]1)(C(=O)O)C1CC1. The van der Waals surface area contributed by atoms with Crippen molar-refractivity contribution < 1.29 is 9.90 Å². The molecule has 1 saturated carbocycles. The van der Waals surface area contributed by atoms with Crippen molar-refractivity contribution >= 4 is 17.7 Å². The molecule has 1 atom stereocenters. The molecule has 1 aliphatic carbocycles. The molecular formula is C10H16N4O2S. The lowest BCUT2D eigenvalue weighted by Gasteiger charge is -2.29. The standard InChI is InChI=1S/C10H16N4O2S/c1-2-12-10(8(15)16,7-3-4-7)5-17-9-11-6-13-14-9/h6-7,12H,2-5H2,1H3,(H,15,16)(H,11,13,14). The molecule has 3 N–H and O–H groups in total. The maximum Gasteiger partial charge on any atom is 0.325 e. The molecule has 94 valence electrons. The molecule has 0 aliphatic heterocycles. The first-order valence-electron chi connectivity index (χ1n) is 5.65. The number of likely N-dealkylation sites (N-methyl/N-ethyl adjacent to an activating group) is 1. The van der Waals surface area contributed by atoms with Gasteiger partial charge in [-0.15, -0.1) is 0 Å². The Labute approximate surface area is 104 Å². The molecule has 0 bridgehead atoms. The van der Waals surface area contributed by atoms with Crippen molar-refractivity contribution in [2.75, 3.05) is 12.3 Å². The Bertz CT molecular complexity index is 380. The van der Waals surface area contributed by atoms with Crippen LogP contribution in [-0.4, -0.2) is 44.1 Å². The van der Waals surface area contributed by atoms with Gasteiger partial charge in [-0.3, -0.25) is 9.89 Å². The molecule has 1 heterocycles. The maximum absolute atomic E-state index is 11.5. The van der Waals surface area contributed by atoms with Gasteiger partial charge in [-0.25, -0.2) is 4.98 Å². The van der Waals surface area contributed by atoms with Crippen molar-refractivity contribution in [2.24, 2.45) is 5.92 Å². The Kier molecular flexibility index (Phi) is 3.68. The summed E-state index contributed by atoms with van der Waals surface area (Å²) in [4.78, 5) is 15.5. The maximum atomic E-state index is 11.5. The van der Waals surface area contributed by atoms with Crippen LogP contribution in [0.2, 0.25) is 0 Å². The molecule has 1 fully saturated rings. The van der Waals surface area contributed by atoms with E-state index in [-0.39, 0.29) is 5.92 Å². The number of carbonyl (C=O) groups is 1. The monoisotopic (exact) mass is 256 g/mol. The third kappa shape index (κ3) is 2.61. The highest BCUT2D eigenvalue weighted by molar-refractivity contribution is 7.99. The molecule has 0 aromatic carbocycles. The number of nitrogens with zero attached hydrogens (tertiary/aromatic N) is 2. The van der Waals surface area contributed by atoms with Gasteiger partial charge in [0.1, 0.15) is 11.9 Å². The van der Waals surface area contributed by atoms with Crippen molar-refractivity contribution in [2.45, 2.75) is 30.5 Å². The molecule has 1 aromatic rings. The molecule has 6 nitrogen and oxygen atoms in total. The Morgan fingerprint density at radius 3 is 3.00 bits per heavy atom. The van der Waals surface area contributed by atoms with E-state index in [4.69, 9.17) is 0 Å². The summed E-state index contributed by atoms with van der Waals surface area (Å²) >= 11 is 1.40. The van der Waals surface area contributed by atoms with Crippen molar-refractivity contribution in [1.29, 1.82) is 0 Å². The molecule has 2 rings (SSSR count). The van der Waals surface area contributed by atoms with Crippen LogP contribution in [0.15, 0.2) is 11.5 Å². The molecule has 1 aromatic heterocycles. The number of hydrogen-bond acceptors (Lipinski definition) is 5. The zero-order valence-electron chi connectivity index (χ0n) is 9.64. The number of aromatic nitrogens is 3. The Morgan fingerprint density at radius 2 is 2.53 bits per heavy atom. The van der Waals surface area contributed by atoms with Gasteiger partial charge < -0.3 is 10.4 Å². The van der Waals surface area contributed by atoms with Crippen LogP contribution in [0.25, 0.3) is 0 Å². The van der Waals surface area contributed by atoms with Crippen molar-refractivity contribution in [3.8, 4) is 0 Å². The summed E-state index contributed by atoms with van der Waals surface area (Å²) in [7, 11) is 0. The minimum atomic E-state index is -0.827. The Morgan fingerprint density at radius 1 is 1.76 bits per heavy atom. The van der Waals surface area contributed by atoms with Crippen LogP contribution in [0.3, 0.4) is 0 Å². The molecule has 17 heavy (non-hydrogen) atoms. The van der Waals surface area contributed by atoms with Crippen LogP contribution in [0.4, 0.5) is 0 Å². The number of H-pyrrole nitrogens is 1. The van der Waals surface area contributed by atoms with E-state index in [9.17, 15) is 9.90 Å². The normalized spacial score (nSPS) is 18.9. The fourth-order valence-electron chi connectivity index (χ4n) is 1.96. The zero-order valence-corrected chi connectivity index (χ0v) is 10.5. The number of carboxylic acids is 1. The lowest BCUT2D eigenvalue weighted by Crippen LogP contribution is -2.56. The summed E-state index contributed by atoms with van der Waals surface area (Å²) in [6.45, 7) is 2.58. The van der Waals surface area contributed by atoms with E-state index in [1.165, 1.54) is 18.1 Å². The summed E-state index contributed by atoms with van der Waals surface area (Å²) in [6.07, 6.45) is 3.39. The number of hydrogen-bond donors (Lipinski definition) is 3. The van der Waals surface area contributed by atoms with E-state index in [2.05, 4.69) is 20.5 Å². The van der Waals surface area contributed by atoms with E-state index >= 15 is 0 Å². The van der Waals surface area contributed by atoms with Crippen LogP contribution in [0.1, 0.15) is 19.8 Å². The molecule has 0 spiro atoms. The van der Waals surface area contributed by atoms with Gasteiger partial charge in [0.05, 0.1) is 0 Å². The lowest BCUT2D eigenvalue weighted by molar-refractivity contribution is -0.144. The minimum absolute atomic E-state index is 0.232. The second-order valence-electron chi connectivity index (χ2n) is 4.16. The third-order valence-electron chi connectivity index (χ3n) is 2.98. The van der Waals surface area contributed by atoms with Crippen LogP contribution < -0.4 is 5.32 Å². The minimum Gasteiger partial charge on any atom is -0.480 e. The smallest absolute Gasteiger partial charge is 0.325 e. The second-order valence-corrected chi connectivity index (χ2v) is 5.12. The summed E-state index contributed by atoms with van der Waals surface area (Å²) in [5.41, 5.74) is -0.827. The van der Waals surface area contributed by atoms with Gasteiger partial charge >= 0.3 is 5.97 Å². The number of aliphatic carboxylic acids is 1. The summed E-state index contributed by atoms with van der Waals surface area (Å²) < 4.78 is 0. The first kappa shape index (κ1) is 12.4. The number of rotatable bonds is 7. The molecule has 1 unspecified atom stereocenters. The van der Waals surface area contributed by atoms with Gasteiger partial charge in [0.2, 0.25) is 0 Å². The van der Waals surface area contributed by atoms with Gasteiger partial charge in [-0.2, -0.15) is 5.10 Å². The molecule has 7 heteroatoms. The van der Waals surface area contributed by atoms with Crippen LogP contribution in [0.5, 0.6) is 0 Å². The predicted octanol–water partition coefficient (Wildman–Crippen LogP) is 0.740. The number of nitrogens with one attached hydrogen (secondary N) is 2. The Hall–Kier alpha value is -1.08. The number of thioether (sulfide) groups is 1. The highest BCUT2D eigenvalue weighted by Gasteiger charge is 2.50. The fourth-order valence-corrected chi connectivity index (χ4v) is 3.03. The quantitative estimate of drug-likeness (QED) is 0.623. The largest absolute Gasteiger partial charge is 0.480 e. The molecule has 0 saturated heterocycles. The highest BCUT2D eigenvalue weighted by atomic mass is 32.2. The van der Waals surface area contributed by atoms with E-state index in [1.54, 1.807) is 0 Å². The van der Waals surface area contributed by atoms with Crippen LogP contribution in [0, 0.1) is 5.92 Å². The molecule has 0 radical (unpaired) electrons. The highest BCUT2D eigenvalue weighted by Crippen LogP contribution is 2.42. The van der Waals surface area contributed by atoms with E-state index in [0.717, 1.165) is 12.8 Å². The third-order valence-corrected chi connectivity index (χ3v) is 4.05. The molecular weight excluding hydrogens is 240 g/mol. The number of carboxylic acid groups (broad SMARTS) is 1. The first-order chi connectivity index (χ1) is 8.19. The van der Waals surface area contributed by atoms with Gasteiger partial charge in [0.25, 0.3) is 0 Å². The van der Waals surface area contributed by atoms with Crippen LogP contribution >= 0.6 is 11.8 Å². The second kappa shape index (κ2) is 5.05. The topological polar surface area (TPSA) is 90.9 Å². The summed E-state index contributed by atoms with van der Waals surface area (Å²) in [6, 6.07) is 0. The van der Waals surface area contributed by atoms with Gasteiger partial charge in [0, 0.05) is 5.75 Å². The molecule has 0 amide bonds. The van der Waals surface area contributed by atoms with Gasteiger partial charge in [-0.1, -0.05) is 18.7 Å². The summed E-state index contributed by atoms with van der Waals surface area (Å²) in [5.74, 6) is -0.0695.